The van der Waals surface area contributed by atoms with E-state index >= 15 is 0 Å². The molecule has 1 aromatic carbocycles. The van der Waals surface area contributed by atoms with E-state index < -0.39 is 0 Å². The van der Waals surface area contributed by atoms with Crippen LogP contribution in [-0.2, 0) is 0 Å². The number of amides is 1. The summed E-state index contributed by atoms with van der Waals surface area (Å²) in [4.78, 5) is 19.6. The summed E-state index contributed by atoms with van der Waals surface area (Å²) in [5, 5.41) is 19.3. The number of hydrogen-bond donors (Lipinski definition) is 2. The van der Waals surface area contributed by atoms with Gasteiger partial charge in [0.15, 0.2) is 0 Å². The van der Waals surface area contributed by atoms with Crippen LogP contribution in [0.2, 0.25) is 0 Å². The van der Waals surface area contributed by atoms with Crippen LogP contribution >= 0.6 is 0 Å². The van der Waals surface area contributed by atoms with E-state index in [0.717, 1.165) is 40.6 Å². The number of nitrogens with zero attached hydrogens (tertiary/aromatic N) is 2. The van der Waals surface area contributed by atoms with Gasteiger partial charge in [-0.05, 0) is 50.8 Å². The van der Waals surface area contributed by atoms with Gasteiger partial charge in [-0.15, -0.1) is 0 Å². The average molecular weight is 342 g/mol. The van der Waals surface area contributed by atoms with Crippen LogP contribution in [0.4, 0.5) is 0 Å². The van der Waals surface area contributed by atoms with Crippen molar-refractivity contribution >= 4 is 16.8 Å². The number of fused-ring (bicyclic) bond motifs is 1. The van der Waals surface area contributed by atoms with Crippen LogP contribution in [0, 0.1) is 13.8 Å². The highest BCUT2D eigenvalue weighted by Crippen LogP contribution is 2.40. The predicted molar refractivity (Wildman–Crippen MR) is 97.9 cm³/mol. The first-order valence-electron chi connectivity index (χ1n) is 8.98. The van der Waals surface area contributed by atoms with Gasteiger partial charge in [0.25, 0.3) is 5.91 Å². The van der Waals surface area contributed by atoms with E-state index in [-0.39, 0.29) is 25.7 Å². The van der Waals surface area contributed by atoms with E-state index in [9.17, 15) is 9.90 Å². The van der Waals surface area contributed by atoms with Gasteiger partial charge < -0.3 is 15.1 Å². The molecule has 3 rings (SSSR count). The number of aryl methyl sites for hydroxylation is 2. The Hall–Kier alpha value is -1.98. The van der Waals surface area contributed by atoms with Crippen molar-refractivity contribution in [1.29, 1.82) is 0 Å². The standard InChI is InChI=1S/C20H26N2O3/c1-13-10-14(2)19-16(11-13)17(12-18(21-19)15-4-5-15)20(25)22(7-9-24)6-3-8-23/h10-12,15,23-24H,3-9H2,1-2H3. The molecule has 1 aliphatic rings. The Labute approximate surface area is 148 Å². The summed E-state index contributed by atoms with van der Waals surface area (Å²) in [5.41, 5.74) is 4.73. The molecular formula is C20H26N2O3. The smallest absolute Gasteiger partial charge is 0.254 e. The first kappa shape index (κ1) is 17.8. The third kappa shape index (κ3) is 3.83. The first-order chi connectivity index (χ1) is 12.0. The van der Waals surface area contributed by atoms with Crippen molar-refractivity contribution in [3.05, 3.63) is 40.6 Å². The van der Waals surface area contributed by atoms with Crippen molar-refractivity contribution in [2.75, 3.05) is 26.3 Å². The molecule has 1 aromatic heterocycles. The van der Waals surface area contributed by atoms with E-state index in [1.54, 1.807) is 4.90 Å². The Morgan fingerprint density at radius 3 is 2.56 bits per heavy atom. The van der Waals surface area contributed by atoms with Gasteiger partial charge in [0, 0.05) is 36.7 Å². The second kappa shape index (κ2) is 7.50. The van der Waals surface area contributed by atoms with Gasteiger partial charge in [0.1, 0.15) is 0 Å². The SMILES string of the molecule is Cc1cc(C)c2nc(C3CC3)cc(C(=O)N(CCO)CCCO)c2c1. The number of aromatic nitrogens is 1. The van der Waals surface area contributed by atoms with Crippen LogP contribution in [0.5, 0.6) is 0 Å². The highest BCUT2D eigenvalue weighted by atomic mass is 16.3. The first-order valence-corrected chi connectivity index (χ1v) is 8.98. The van der Waals surface area contributed by atoms with Gasteiger partial charge in [-0.25, -0.2) is 0 Å². The van der Waals surface area contributed by atoms with Crippen molar-refractivity contribution in [3.8, 4) is 0 Å². The number of rotatable bonds is 7. The second-order valence-corrected chi connectivity index (χ2v) is 6.94. The monoisotopic (exact) mass is 342 g/mol. The largest absolute Gasteiger partial charge is 0.396 e. The van der Waals surface area contributed by atoms with E-state index in [4.69, 9.17) is 10.1 Å². The van der Waals surface area contributed by atoms with Crippen LogP contribution in [0.1, 0.15) is 52.4 Å². The molecule has 0 saturated heterocycles. The average Bonchev–Trinajstić information content (AvgIpc) is 3.42. The number of carbonyl (C=O) groups excluding carboxylic acids is 1. The number of hydrogen-bond acceptors (Lipinski definition) is 4. The molecule has 0 unspecified atom stereocenters. The van der Waals surface area contributed by atoms with E-state index in [0.29, 0.717) is 24.4 Å². The third-order valence-corrected chi connectivity index (χ3v) is 4.74. The highest BCUT2D eigenvalue weighted by molar-refractivity contribution is 6.07. The topological polar surface area (TPSA) is 73.7 Å². The molecule has 0 spiro atoms. The fourth-order valence-corrected chi connectivity index (χ4v) is 3.33. The maximum Gasteiger partial charge on any atom is 0.254 e. The second-order valence-electron chi connectivity index (χ2n) is 6.94. The molecule has 1 heterocycles. The van der Waals surface area contributed by atoms with Gasteiger partial charge >= 0.3 is 0 Å². The lowest BCUT2D eigenvalue weighted by molar-refractivity contribution is 0.0712. The van der Waals surface area contributed by atoms with Gasteiger partial charge in [-0.3, -0.25) is 9.78 Å². The molecule has 0 atom stereocenters. The highest BCUT2D eigenvalue weighted by Gasteiger charge is 2.28. The zero-order chi connectivity index (χ0) is 18.0. The third-order valence-electron chi connectivity index (χ3n) is 4.74. The minimum Gasteiger partial charge on any atom is -0.396 e. The van der Waals surface area contributed by atoms with Crippen LogP contribution in [0.3, 0.4) is 0 Å². The van der Waals surface area contributed by atoms with Crippen LogP contribution in [0.25, 0.3) is 10.9 Å². The van der Waals surface area contributed by atoms with Crippen LogP contribution in [0.15, 0.2) is 18.2 Å². The summed E-state index contributed by atoms with van der Waals surface area (Å²) < 4.78 is 0. The molecule has 5 nitrogen and oxygen atoms in total. The minimum atomic E-state index is -0.0956. The van der Waals surface area contributed by atoms with Crippen molar-refractivity contribution in [1.82, 2.24) is 9.88 Å². The van der Waals surface area contributed by atoms with Crippen molar-refractivity contribution in [2.45, 2.75) is 39.0 Å². The molecule has 0 aliphatic heterocycles. The van der Waals surface area contributed by atoms with E-state index in [2.05, 4.69) is 6.07 Å². The van der Waals surface area contributed by atoms with Crippen molar-refractivity contribution < 1.29 is 15.0 Å². The minimum absolute atomic E-state index is 0.0256. The quantitative estimate of drug-likeness (QED) is 0.811. The zero-order valence-electron chi connectivity index (χ0n) is 15.0. The lowest BCUT2D eigenvalue weighted by Crippen LogP contribution is -2.35. The maximum atomic E-state index is 13.2. The van der Waals surface area contributed by atoms with Crippen LogP contribution in [-0.4, -0.2) is 52.3 Å². The Bertz CT molecular complexity index is 784. The number of aliphatic hydroxyl groups excluding tert-OH is 2. The summed E-state index contributed by atoms with van der Waals surface area (Å²) in [6, 6.07) is 6.05. The van der Waals surface area contributed by atoms with E-state index in [1.807, 2.05) is 26.0 Å². The molecule has 1 aliphatic carbocycles. The fourth-order valence-electron chi connectivity index (χ4n) is 3.33. The molecule has 1 amide bonds. The Morgan fingerprint density at radius 2 is 1.92 bits per heavy atom. The number of carbonyl (C=O) groups is 1. The number of aliphatic hydroxyl groups is 2. The lowest BCUT2D eigenvalue weighted by Gasteiger charge is -2.23. The molecule has 0 bridgehead atoms. The van der Waals surface area contributed by atoms with Gasteiger partial charge in [-0.1, -0.05) is 11.6 Å². The predicted octanol–water partition coefficient (Wildman–Crippen LogP) is 2.55. The molecule has 0 radical (unpaired) electrons. The summed E-state index contributed by atoms with van der Waals surface area (Å²) in [7, 11) is 0. The summed E-state index contributed by atoms with van der Waals surface area (Å²) in [6.07, 6.45) is 2.76. The Kier molecular flexibility index (Phi) is 5.35. The Balaban J connectivity index is 2.10. The van der Waals surface area contributed by atoms with Gasteiger partial charge in [0.2, 0.25) is 0 Å². The molecule has 2 N–H and O–H groups in total. The molecule has 1 fully saturated rings. The van der Waals surface area contributed by atoms with Gasteiger partial charge in [0.05, 0.1) is 17.7 Å². The zero-order valence-corrected chi connectivity index (χ0v) is 15.0. The van der Waals surface area contributed by atoms with Crippen molar-refractivity contribution in [3.63, 3.8) is 0 Å². The summed E-state index contributed by atoms with van der Waals surface area (Å²) in [6.45, 7) is 4.69. The van der Waals surface area contributed by atoms with Gasteiger partial charge in [-0.2, -0.15) is 0 Å². The van der Waals surface area contributed by atoms with Crippen molar-refractivity contribution in [2.24, 2.45) is 0 Å². The Morgan fingerprint density at radius 1 is 1.16 bits per heavy atom. The molecular weight excluding hydrogens is 316 g/mol. The lowest BCUT2D eigenvalue weighted by atomic mass is 9.99. The molecule has 2 aromatic rings. The maximum absolute atomic E-state index is 13.2. The normalized spacial score (nSPS) is 14.1. The summed E-state index contributed by atoms with van der Waals surface area (Å²) >= 11 is 0. The molecule has 25 heavy (non-hydrogen) atoms. The summed E-state index contributed by atoms with van der Waals surface area (Å²) in [5.74, 6) is 0.363. The molecule has 134 valence electrons. The fraction of sp³-hybridized carbons (Fsp3) is 0.500. The number of benzene rings is 1. The number of pyridine rings is 1. The van der Waals surface area contributed by atoms with Crippen LogP contribution < -0.4 is 0 Å². The molecule has 1 saturated carbocycles. The molecule has 5 heteroatoms. The van der Waals surface area contributed by atoms with E-state index in [1.165, 1.54) is 0 Å².